The van der Waals surface area contributed by atoms with E-state index in [9.17, 15) is 14.4 Å². The molecule has 5 rings (SSSR count). The zero-order valence-corrected chi connectivity index (χ0v) is 22.2. The lowest BCUT2D eigenvalue weighted by Gasteiger charge is -2.25. The van der Waals surface area contributed by atoms with Crippen molar-refractivity contribution in [2.45, 2.75) is 72.6 Å². The summed E-state index contributed by atoms with van der Waals surface area (Å²) in [7, 11) is 2.25. The van der Waals surface area contributed by atoms with Crippen LogP contribution in [0.1, 0.15) is 75.3 Å². The molecular formula is C27H31N2O6P. The molecule has 0 radical (unpaired) electrons. The van der Waals surface area contributed by atoms with Gasteiger partial charge in [-0.15, -0.1) is 0 Å². The van der Waals surface area contributed by atoms with E-state index in [0.29, 0.717) is 41.2 Å². The van der Waals surface area contributed by atoms with E-state index in [4.69, 9.17) is 19.0 Å². The van der Waals surface area contributed by atoms with Gasteiger partial charge in [-0.1, -0.05) is 34.1 Å². The second kappa shape index (κ2) is 10.8. The number of carbonyl (C=O) groups is 2. The largest absolute Gasteiger partial charge is 0.480 e. The van der Waals surface area contributed by atoms with Crippen LogP contribution in [0, 0.1) is 0 Å². The van der Waals surface area contributed by atoms with E-state index in [2.05, 4.69) is 16.4 Å². The summed E-state index contributed by atoms with van der Waals surface area (Å²) in [5, 5.41) is 0.980. The molecule has 2 aliphatic rings. The second-order valence-corrected chi connectivity index (χ2v) is 8.74. The number of ether oxygens (including phenoxy) is 2. The average Bonchev–Trinajstić information content (AvgIpc) is 3.27. The highest BCUT2D eigenvalue weighted by Gasteiger charge is 2.37. The molecule has 0 spiro atoms. The molecule has 190 valence electrons. The first-order valence-electron chi connectivity index (χ1n) is 12.4. The summed E-state index contributed by atoms with van der Waals surface area (Å²) in [6.07, 6.45) is 1.20. The molecule has 2 aliphatic heterocycles. The van der Waals surface area contributed by atoms with E-state index >= 15 is 0 Å². The van der Waals surface area contributed by atoms with Gasteiger partial charge in [-0.3, -0.25) is 9.59 Å². The van der Waals surface area contributed by atoms with Crippen molar-refractivity contribution < 1.29 is 23.6 Å². The smallest absolute Gasteiger partial charge is 0.352 e. The number of esters is 2. The van der Waals surface area contributed by atoms with Crippen molar-refractivity contribution in [2.75, 3.05) is 0 Å². The van der Waals surface area contributed by atoms with Crippen molar-refractivity contribution in [2.24, 2.45) is 0 Å². The number of benzene rings is 1. The van der Waals surface area contributed by atoms with Gasteiger partial charge < -0.3 is 18.6 Å². The molecule has 1 aromatic carbocycles. The summed E-state index contributed by atoms with van der Waals surface area (Å²) in [4.78, 5) is 43.1. The number of carbonyl (C=O) groups excluding carboxylic acids is 2. The predicted octanol–water partition coefficient (Wildman–Crippen LogP) is 5.01. The fraction of sp³-hybridized carbons (Fsp3) is 0.407. The zero-order valence-electron chi connectivity index (χ0n) is 21.1. The van der Waals surface area contributed by atoms with Gasteiger partial charge in [-0.05, 0) is 42.7 Å². The molecule has 0 saturated carbocycles. The Morgan fingerprint density at radius 3 is 2.67 bits per heavy atom. The van der Waals surface area contributed by atoms with Crippen LogP contribution in [0.2, 0.25) is 0 Å². The Bertz CT molecular complexity index is 1400. The molecule has 2 atom stereocenters. The number of aryl methyl sites for hydroxylation is 1. The predicted molar refractivity (Wildman–Crippen MR) is 140 cm³/mol. The van der Waals surface area contributed by atoms with E-state index < -0.39 is 18.0 Å². The standard InChI is InChI=1S/C25H25N2O6P.C2H6/c1-3-5-6-21(28)32-23-16-10-20-22-17(11-27(20)24(29)18(16)12-31-25(23)30)14(4-2)15-9-13(33-34)7-8-19(15)26-22;1-2/h7-10,23H,3-6,11-12,34H2,1-2H3;1-2H3. The Hall–Kier alpha value is -3.25. The number of pyridine rings is 2. The first-order chi connectivity index (χ1) is 17.5. The molecular weight excluding hydrogens is 479 g/mol. The van der Waals surface area contributed by atoms with Crippen LogP contribution in [0.5, 0.6) is 5.75 Å². The molecule has 8 nitrogen and oxygen atoms in total. The summed E-state index contributed by atoms with van der Waals surface area (Å²) in [6.45, 7) is 8.27. The van der Waals surface area contributed by atoms with Crippen LogP contribution in [0.25, 0.3) is 22.3 Å². The molecule has 0 aliphatic carbocycles. The van der Waals surface area contributed by atoms with Crippen LogP contribution in [-0.2, 0) is 38.6 Å². The Balaban J connectivity index is 0.00000148. The Morgan fingerprint density at radius 1 is 1.19 bits per heavy atom. The molecule has 9 heteroatoms. The number of unbranched alkanes of at least 4 members (excludes halogenated alkanes) is 1. The lowest BCUT2D eigenvalue weighted by atomic mass is 9.97. The first kappa shape index (κ1) is 25.8. The molecule has 2 aromatic heterocycles. The van der Waals surface area contributed by atoms with Gasteiger partial charge in [0.15, 0.2) is 0 Å². The highest BCUT2D eigenvalue weighted by molar-refractivity contribution is 7.10. The van der Waals surface area contributed by atoms with Crippen molar-refractivity contribution >= 4 is 32.3 Å². The summed E-state index contributed by atoms with van der Waals surface area (Å²) >= 11 is 0. The SMILES string of the molecule is CC.CCCCC(=O)OC1C(=O)OCc2c1cc1n(c2=O)Cc2c-1nc1ccc(OP)cc1c2CC. The second-order valence-electron chi connectivity index (χ2n) is 8.50. The van der Waals surface area contributed by atoms with Gasteiger partial charge in [-0.25, -0.2) is 9.78 Å². The topological polar surface area (TPSA) is 96.7 Å². The number of cyclic esters (lactones) is 1. The molecule has 0 saturated heterocycles. The monoisotopic (exact) mass is 510 g/mol. The van der Waals surface area contributed by atoms with E-state index in [1.807, 2.05) is 39.0 Å². The third-order valence-corrected chi connectivity index (χ3v) is 6.77. The van der Waals surface area contributed by atoms with Crippen LogP contribution >= 0.6 is 9.47 Å². The van der Waals surface area contributed by atoms with Crippen LogP contribution in [-0.4, -0.2) is 21.5 Å². The van der Waals surface area contributed by atoms with Gasteiger partial charge in [0.2, 0.25) is 6.10 Å². The zero-order chi connectivity index (χ0) is 26.0. The van der Waals surface area contributed by atoms with Crippen LogP contribution in [0.15, 0.2) is 29.1 Å². The van der Waals surface area contributed by atoms with Crippen LogP contribution < -0.4 is 10.1 Å². The van der Waals surface area contributed by atoms with Crippen LogP contribution in [0.3, 0.4) is 0 Å². The number of hydrogen-bond acceptors (Lipinski definition) is 7. The Morgan fingerprint density at radius 2 is 1.97 bits per heavy atom. The summed E-state index contributed by atoms with van der Waals surface area (Å²) < 4.78 is 17.7. The van der Waals surface area contributed by atoms with Crippen LogP contribution in [0.4, 0.5) is 0 Å². The third kappa shape index (κ3) is 4.39. The first-order valence-corrected chi connectivity index (χ1v) is 12.9. The third-order valence-electron chi connectivity index (χ3n) is 6.50. The summed E-state index contributed by atoms with van der Waals surface area (Å²) in [5.74, 6) is -0.437. The minimum absolute atomic E-state index is 0.141. The van der Waals surface area contributed by atoms with Gasteiger partial charge in [0.05, 0.1) is 38.5 Å². The molecule has 0 amide bonds. The lowest BCUT2D eigenvalue weighted by Crippen LogP contribution is -2.34. The molecule has 36 heavy (non-hydrogen) atoms. The van der Waals surface area contributed by atoms with Crippen molar-refractivity contribution in [3.05, 3.63) is 56.9 Å². The minimum Gasteiger partial charge on any atom is -0.480 e. The summed E-state index contributed by atoms with van der Waals surface area (Å²) in [6, 6.07) is 7.44. The Labute approximate surface area is 212 Å². The number of fused-ring (bicyclic) bond motifs is 5. The number of hydrogen-bond donors (Lipinski definition) is 0. The van der Waals surface area contributed by atoms with E-state index in [-0.39, 0.29) is 18.6 Å². The molecule has 0 bridgehead atoms. The van der Waals surface area contributed by atoms with Gasteiger partial charge in [0, 0.05) is 22.9 Å². The number of aromatic nitrogens is 2. The van der Waals surface area contributed by atoms with Crippen molar-refractivity contribution in [1.29, 1.82) is 0 Å². The highest BCUT2D eigenvalue weighted by atomic mass is 31.0. The lowest BCUT2D eigenvalue weighted by molar-refractivity contribution is -0.171. The molecule has 0 fully saturated rings. The van der Waals surface area contributed by atoms with E-state index in [0.717, 1.165) is 34.9 Å². The van der Waals surface area contributed by atoms with E-state index in [1.165, 1.54) is 0 Å². The van der Waals surface area contributed by atoms with Crippen molar-refractivity contribution in [3.8, 4) is 17.1 Å². The van der Waals surface area contributed by atoms with Gasteiger partial charge >= 0.3 is 11.9 Å². The quantitative estimate of drug-likeness (QED) is 0.266. The highest BCUT2D eigenvalue weighted by Crippen LogP contribution is 2.39. The van der Waals surface area contributed by atoms with Gasteiger partial charge in [0.25, 0.3) is 5.56 Å². The molecule has 3 aromatic rings. The van der Waals surface area contributed by atoms with Gasteiger partial charge in [0.1, 0.15) is 12.4 Å². The number of nitrogens with zero attached hydrogens (tertiary/aromatic N) is 2. The maximum atomic E-state index is 13.5. The maximum Gasteiger partial charge on any atom is 0.352 e. The van der Waals surface area contributed by atoms with Crippen molar-refractivity contribution in [3.63, 3.8) is 0 Å². The van der Waals surface area contributed by atoms with Crippen molar-refractivity contribution in [1.82, 2.24) is 9.55 Å². The average molecular weight is 511 g/mol. The fourth-order valence-electron chi connectivity index (χ4n) is 4.77. The minimum atomic E-state index is -1.25. The summed E-state index contributed by atoms with van der Waals surface area (Å²) in [5.41, 5.74) is 4.65. The molecule has 0 N–H and O–H groups in total. The van der Waals surface area contributed by atoms with Gasteiger partial charge in [-0.2, -0.15) is 0 Å². The molecule has 4 heterocycles. The number of rotatable bonds is 6. The fourth-order valence-corrected chi connectivity index (χ4v) is 4.92. The normalized spacial score (nSPS) is 15.2. The Kier molecular flexibility index (Phi) is 7.74. The maximum absolute atomic E-state index is 13.5. The molecule has 2 unspecified atom stereocenters. The van der Waals surface area contributed by atoms with E-state index in [1.54, 1.807) is 10.6 Å².